The smallest absolute Gasteiger partial charge is 0.189 e. The number of halogens is 1. The SMILES string of the molecule is Nc1cc(Cl)cc2c1OCOC2. The Morgan fingerprint density at radius 3 is 3.08 bits per heavy atom. The highest BCUT2D eigenvalue weighted by molar-refractivity contribution is 6.31. The molecule has 0 saturated heterocycles. The molecule has 0 spiro atoms. The van der Waals surface area contributed by atoms with E-state index in [2.05, 4.69) is 0 Å². The zero-order valence-corrected chi connectivity index (χ0v) is 7.10. The zero-order chi connectivity index (χ0) is 8.55. The van der Waals surface area contributed by atoms with E-state index in [9.17, 15) is 0 Å². The van der Waals surface area contributed by atoms with Crippen LogP contribution in [0.1, 0.15) is 5.56 Å². The molecule has 1 aliphatic heterocycles. The predicted octanol–water partition coefficient (Wildman–Crippen LogP) is 1.79. The van der Waals surface area contributed by atoms with E-state index in [1.165, 1.54) is 0 Å². The Morgan fingerprint density at radius 2 is 2.25 bits per heavy atom. The van der Waals surface area contributed by atoms with Crippen LogP contribution in [0.5, 0.6) is 5.75 Å². The number of nitrogen functional groups attached to an aromatic ring is 1. The molecule has 1 heterocycles. The number of ether oxygens (including phenoxy) is 2. The Balaban J connectivity index is 2.53. The standard InChI is InChI=1S/C8H8ClNO2/c9-6-1-5-3-11-4-12-8(5)7(10)2-6/h1-2H,3-4,10H2. The molecule has 0 amide bonds. The van der Waals surface area contributed by atoms with Crippen LogP contribution in [0.25, 0.3) is 0 Å². The molecule has 1 aliphatic rings. The predicted molar refractivity (Wildman–Crippen MR) is 46.1 cm³/mol. The third-order valence-electron chi connectivity index (χ3n) is 1.70. The van der Waals surface area contributed by atoms with Gasteiger partial charge in [-0.05, 0) is 12.1 Å². The molecule has 0 radical (unpaired) electrons. The Hall–Kier alpha value is -0.930. The highest BCUT2D eigenvalue weighted by Gasteiger charge is 2.13. The third-order valence-corrected chi connectivity index (χ3v) is 1.92. The Bertz CT molecular complexity index is 314. The average Bonchev–Trinajstić information content (AvgIpc) is 2.04. The van der Waals surface area contributed by atoms with E-state index in [1.54, 1.807) is 12.1 Å². The number of fused-ring (bicyclic) bond motifs is 1. The van der Waals surface area contributed by atoms with Crippen LogP contribution in [0.3, 0.4) is 0 Å². The number of hydrogen-bond acceptors (Lipinski definition) is 3. The molecule has 2 N–H and O–H groups in total. The number of benzene rings is 1. The average molecular weight is 186 g/mol. The van der Waals surface area contributed by atoms with Gasteiger partial charge in [0.1, 0.15) is 0 Å². The molecular weight excluding hydrogens is 178 g/mol. The van der Waals surface area contributed by atoms with Gasteiger partial charge < -0.3 is 15.2 Å². The Morgan fingerprint density at radius 1 is 1.42 bits per heavy atom. The number of nitrogens with two attached hydrogens (primary N) is 1. The molecule has 0 fully saturated rings. The summed E-state index contributed by atoms with van der Waals surface area (Å²) in [6.45, 7) is 0.777. The molecule has 0 atom stereocenters. The molecule has 1 aromatic rings. The highest BCUT2D eigenvalue weighted by atomic mass is 35.5. The first-order chi connectivity index (χ1) is 5.77. The first kappa shape index (κ1) is 7.71. The largest absolute Gasteiger partial charge is 0.465 e. The van der Waals surface area contributed by atoms with Crippen LogP contribution in [0.4, 0.5) is 5.69 Å². The molecule has 0 aromatic heterocycles. The van der Waals surface area contributed by atoms with Gasteiger partial charge in [-0.15, -0.1) is 0 Å². The fourth-order valence-electron chi connectivity index (χ4n) is 1.21. The minimum atomic E-state index is 0.263. The van der Waals surface area contributed by atoms with Gasteiger partial charge in [-0.3, -0.25) is 0 Å². The van der Waals surface area contributed by atoms with Crippen molar-refractivity contribution in [3.63, 3.8) is 0 Å². The summed E-state index contributed by atoms with van der Waals surface area (Å²) in [5.74, 6) is 0.700. The molecule has 0 saturated carbocycles. The van der Waals surface area contributed by atoms with Crippen molar-refractivity contribution in [2.45, 2.75) is 6.61 Å². The van der Waals surface area contributed by atoms with Crippen LogP contribution in [0.15, 0.2) is 12.1 Å². The van der Waals surface area contributed by atoms with Gasteiger partial charge in [0, 0.05) is 10.6 Å². The lowest BCUT2D eigenvalue weighted by Crippen LogP contribution is -2.12. The van der Waals surface area contributed by atoms with Crippen molar-refractivity contribution < 1.29 is 9.47 Å². The minimum absolute atomic E-state index is 0.263. The molecule has 64 valence electrons. The summed E-state index contributed by atoms with van der Waals surface area (Å²) in [4.78, 5) is 0. The summed E-state index contributed by atoms with van der Waals surface area (Å²) >= 11 is 5.79. The molecule has 1 aromatic carbocycles. The second-order valence-electron chi connectivity index (χ2n) is 2.59. The first-order valence-corrected chi connectivity index (χ1v) is 3.93. The van der Waals surface area contributed by atoms with Crippen molar-refractivity contribution in [1.29, 1.82) is 0 Å². The quantitative estimate of drug-likeness (QED) is 0.627. The van der Waals surface area contributed by atoms with Gasteiger partial charge >= 0.3 is 0 Å². The van der Waals surface area contributed by atoms with Crippen molar-refractivity contribution in [3.05, 3.63) is 22.7 Å². The maximum Gasteiger partial charge on any atom is 0.189 e. The lowest BCUT2D eigenvalue weighted by atomic mass is 10.2. The van der Waals surface area contributed by atoms with E-state index in [4.69, 9.17) is 26.8 Å². The molecule has 2 rings (SSSR count). The second-order valence-corrected chi connectivity index (χ2v) is 3.03. The van der Waals surface area contributed by atoms with E-state index in [-0.39, 0.29) is 6.79 Å². The number of hydrogen-bond donors (Lipinski definition) is 1. The molecular formula is C8H8ClNO2. The van der Waals surface area contributed by atoms with Crippen molar-refractivity contribution in [1.82, 2.24) is 0 Å². The van der Waals surface area contributed by atoms with Gasteiger partial charge in [-0.2, -0.15) is 0 Å². The summed E-state index contributed by atoms with van der Waals surface area (Å²) in [6.07, 6.45) is 0. The maximum atomic E-state index is 5.79. The van der Waals surface area contributed by atoms with Gasteiger partial charge in [0.15, 0.2) is 12.5 Å². The Labute approximate surface area is 75.0 Å². The van der Waals surface area contributed by atoms with Crippen LogP contribution >= 0.6 is 11.6 Å². The molecule has 0 unspecified atom stereocenters. The van der Waals surface area contributed by atoms with Crippen molar-refractivity contribution >= 4 is 17.3 Å². The normalized spacial score (nSPS) is 15.1. The third kappa shape index (κ3) is 1.21. The maximum absolute atomic E-state index is 5.79. The summed E-state index contributed by atoms with van der Waals surface area (Å²) < 4.78 is 10.3. The summed E-state index contributed by atoms with van der Waals surface area (Å²) in [7, 11) is 0. The second kappa shape index (κ2) is 2.84. The van der Waals surface area contributed by atoms with E-state index in [1.807, 2.05) is 0 Å². The van der Waals surface area contributed by atoms with Crippen LogP contribution < -0.4 is 10.5 Å². The number of rotatable bonds is 0. The van der Waals surface area contributed by atoms with Crippen LogP contribution in [-0.2, 0) is 11.3 Å². The summed E-state index contributed by atoms with van der Waals surface area (Å²) in [6, 6.07) is 3.47. The molecule has 4 heteroatoms. The van der Waals surface area contributed by atoms with E-state index < -0.39 is 0 Å². The van der Waals surface area contributed by atoms with E-state index in [0.29, 0.717) is 23.1 Å². The van der Waals surface area contributed by atoms with Crippen molar-refractivity contribution in [2.24, 2.45) is 0 Å². The summed E-state index contributed by atoms with van der Waals surface area (Å²) in [5.41, 5.74) is 7.16. The lowest BCUT2D eigenvalue weighted by molar-refractivity contribution is -0.0157. The monoisotopic (exact) mass is 185 g/mol. The fraction of sp³-hybridized carbons (Fsp3) is 0.250. The van der Waals surface area contributed by atoms with Gasteiger partial charge in [-0.1, -0.05) is 11.6 Å². The van der Waals surface area contributed by atoms with Crippen LogP contribution in [0, 0.1) is 0 Å². The van der Waals surface area contributed by atoms with Gasteiger partial charge in [0.05, 0.1) is 12.3 Å². The summed E-state index contributed by atoms with van der Waals surface area (Å²) in [5, 5.41) is 0.611. The first-order valence-electron chi connectivity index (χ1n) is 3.56. The molecule has 3 nitrogen and oxygen atoms in total. The molecule has 12 heavy (non-hydrogen) atoms. The molecule has 0 aliphatic carbocycles. The van der Waals surface area contributed by atoms with Crippen LogP contribution in [0.2, 0.25) is 5.02 Å². The highest BCUT2D eigenvalue weighted by Crippen LogP contribution is 2.32. The topological polar surface area (TPSA) is 44.5 Å². The Kier molecular flexibility index (Phi) is 1.83. The minimum Gasteiger partial charge on any atom is -0.465 e. The van der Waals surface area contributed by atoms with Gasteiger partial charge in [0.25, 0.3) is 0 Å². The van der Waals surface area contributed by atoms with Gasteiger partial charge in [-0.25, -0.2) is 0 Å². The van der Waals surface area contributed by atoms with Gasteiger partial charge in [0.2, 0.25) is 0 Å². The number of anilines is 1. The van der Waals surface area contributed by atoms with Crippen molar-refractivity contribution in [2.75, 3.05) is 12.5 Å². The zero-order valence-electron chi connectivity index (χ0n) is 6.34. The van der Waals surface area contributed by atoms with Crippen LogP contribution in [-0.4, -0.2) is 6.79 Å². The van der Waals surface area contributed by atoms with Crippen molar-refractivity contribution in [3.8, 4) is 5.75 Å². The lowest BCUT2D eigenvalue weighted by Gasteiger charge is -2.19. The van der Waals surface area contributed by atoms with E-state index in [0.717, 1.165) is 5.56 Å². The van der Waals surface area contributed by atoms with E-state index >= 15 is 0 Å². The molecule has 0 bridgehead atoms. The fourth-order valence-corrected chi connectivity index (χ4v) is 1.46.